The molecule has 0 N–H and O–H groups in total. The lowest BCUT2D eigenvalue weighted by Gasteiger charge is -2.26. The van der Waals surface area contributed by atoms with Crippen LogP contribution in [0.3, 0.4) is 0 Å². The van der Waals surface area contributed by atoms with Gasteiger partial charge in [-0.2, -0.15) is 0 Å². The molecule has 0 saturated carbocycles. The summed E-state index contributed by atoms with van der Waals surface area (Å²) in [5.74, 6) is 1.17. The van der Waals surface area contributed by atoms with E-state index in [9.17, 15) is 9.59 Å². The van der Waals surface area contributed by atoms with Gasteiger partial charge in [-0.05, 0) is 105 Å². The highest BCUT2D eigenvalue weighted by Crippen LogP contribution is 2.37. The summed E-state index contributed by atoms with van der Waals surface area (Å²) in [6.07, 6.45) is 3.10. The molecule has 0 amide bonds. The average Bonchev–Trinajstić information content (AvgIpc) is 3.34. The van der Waals surface area contributed by atoms with Crippen molar-refractivity contribution in [1.29, 1.82) is 0 Å². The molecule has 1 aliphatic rings. The number of carbonyl (C=O) groups excluding carboxylic acids is 1. The zero-order valence-electron chi connectivity index (χ0n) is 25.9. The lowest BCUT2D eigenvalue weighted by molar-refractivity contribution is -0.139. The zero-order chi connectivity index (χ0) is 33.8. The van der Waals surface area contributed by atoms with E-state index in [1.165, 1.54) is 11.3 Å². The van der Waals surface area contributed by atoms with Crippen LogP contribution in [0.2, 0.25) is 10.0 Å². The van der Waals surface area contributed by atoms with Crippen molar-refractivity contribution in [2.45, 2.75) is 39.3 Å². The fourth-order valence-corrected chi connectivity index (χ4v) is 8.01. The number of benzene rings is 3. The van der Waals surface area contributed by atoms with Crippen LogP contribution < -0.4 is 29.1 Å². The number of fused-ring (bicyclic) bond motifs is 1. The van der Waals surface area contributed by atoms with Gasteiger partial charge in [0.15, 0.2) is 16.3 Å². The third-order valence-electron chi connectivity index (χ3n) is 7.32. The molecule has 0 saturated heterocycles. The van der Waals surface area contributed by atoms with Crippen LogP contribution in [0.1, 0.15) is 49.4 Å². The number of allylic oxidation sites excluding steroid dienone is 1. The molecule has 1 aliphatic heterocycles. The standard InChI is InChI=1S/C34H30BrCl2IN2O6S/c1-5-7-25-29(33(42)45-6-2)30(19-9-11-26(43-3)22(35)15-19)40-32(41)28(47-34(40)39-25)14-18-12-24(38)31(27(13-18)44-4)46-17-20-8-10-21(36)16-23(20)37/h8-16,30H,5-7,17H2,1-4H3/b28-14-/t30-/m0/s1. The van der Waals surface area contributed by atoms with Crippen LogP contribution in [0.5, 0.6) is 17.2 Å². The van der Waals surface area contributed by atoms with Gasteiger partial charge < -0.3 is 18.9 Å². The van der Waals surface area contributed by atoms with E-state index in [0.717, 1.165) is 26.7 Å². The highest BCUT2D eigenvalue weighted by atomic mass is 127. The van der Waals surface area contributed by atoms with Gasteiger partial charge in [-0.3, -0.25) is 9.36 Å². The van der Waals surface area contributed by atoms with Crippen molar-refractivity contribution in [3.63, 3.8) is 0 Å². The smallest absolute Gasteiger partial charge is 0.338 e. The third kappa shape index (κ3) is 7.59. The van der Waals surface area contributed by atoms with E-state index < -0.39 is 12.0 Å². The molecule has 0 unspecified atom stereocenters. The van der Waals surface area contributed by atoms with Crippen molar-refractivity contribution >= 4 is 85.1 Å². The van der Waals surface area contributed by atoms with Crippen molar-refractivity contribution in [2.75, 3.05) is 20.8 Å². The monoisotopic (exact) mass is 870 g/mol. The molecule has 0 fully saturated rings. The number of thiazole rings is 1. The van der Waals surface area contributed by atoms with Crippen LogP contribution in [-0.4, -0.2) is 31.4 Å². The van der Waals surface area contributed by atoms with E-state index in [1.54, 1.807) is 50.0 Å². The summed E-state index contributed by atoms with van der Waals surface area (Å²) in [5, 5.41) is 1.05. The Balaban J connectivity index is 1.62. The van der Waals surface area contributed by atoms with E-state index in [1.807, 2.05) is 37.3 Å². The summed E-state index contributed by atoms with van der Waals surface area (Å²) in [7, 11) is 3.14. The molecular formula is C34H30BrCl2IN2O6S. The van der Waals surface area contributed by atoms with Gasteiger partial charge in [-0.1, -0.05) is 60.0 Å². The Morgan fingerprint density at radius 2 is 1.85 bits per heavy atom. The molecular weight excluding hydrogens is 842 g/mol. The molecule has 0 aliphatic carbocycles. The summed E-state index contributed by atoms with van der Waals surface area (Å²) < 4.78 is 26.2. The summed E-state index contributed by atoms with van der Waals surface area (Å²) in [5.41, 5.74) is 2.90. The summed E-state index contributed by atoms with van der Waals surface area (Å²) >= 11 is 19.4. The second kappa shape index (κ2) is 15.6. The molecule has 13 heteroatoms. The predicted octanol–water partition coefficient (Wildman–Crippen LogP) is 7.85. The van der Waals surface area contributed by atoms with Gasteiger partial charge in [0, 0.05) is 15.6 Å². The Hall–Kier alpha value is -2.84. The molecule has 0 spiro atoms. The van der Waals surface area contributed by atoms with Crippen molar-refractivity contribution in [3.8, 4) is 17.2 Å². The molecule has 0 bridgehead atoms. The van der Waals surface area contributed by atoms with Crippen molar-refractivity contribution in [3.05, 3.63) is 114 Å². The Morgan fingerprint density at radius 3 is 2.51 bits per heavy atom. The maximum Gasteiger partial charge on any atom is 0.338 e. The Labute approximate surface area is 307 Å². The minimum absolute atomic E-state index is 0.193. The van der Waals surface area contributed by atoms with Gasteiger partial charge >= 0.3 is 5.97 Å². The first-order valence-electron chi connectivity index (χ1n) is 14.6. The van der Waals surface area contributed by atoms with E-state index in [4.69, 9.17) is 47.1 Å². The molecule has 8 nitrogen and oxygen atoms in total. The lowest BCUT2D eigenvalue weighted by atomic mass is 9.94. The fourth-order valence-electron chi connectivity index (χ4n) is 5.19. The van der Waals surface area contributed by atoms with E-state index >= 15 is 0 Å². The number of methoxy groups -OCH3 is 2. The second-order valence-electron chi connectivity index (χ2n) is 10.4. The number of esters is 1. The second-order valence-corrected chi connectivity index (χ2v) is 14.2. The first kappa shape index (κ1) is 35.5. The summed E-state index contributed by atoms with van der Waals surface area (Å²) in [6, 6.07) is 13.7. The van der Waals surface area contributed by atoms with Crippen LogP contribution in [-0.2, 0) is 16.1 Å². The van der Waals surface area contributed by atoms with Crippen LogP contribution in [0.15, 0.2) is 74.1 Å². The van der Waals surface area contributed by atoms with Gasteiger partial charge in [0.1, 0.15) is 12.4 Å². The maximum absolute atomic E-state index is 14.2. The summed E-state index contributed by atoms with van der Waals surface area (Å²) in [6.45, 7) is 4.18. The molecule has 1 aromatic heterocycles. The Morgan fingerprint density at radius 1 is 1.09 bits per heavy atom. The molecule has 2 heterocycles. The van der Waals surface area contributed by atoms with E-state index in [-0.39, 0.29) is 18.8 Å². The van der Waals surface area contributed by atoms with Gasteiger partial charge in [0.05, 0.1) is 50.7 Å². The average molecular weight is 872 g/mol. The maximum atomic E-state index is 14.2. The number of halogens is 4. The highest BCUT2D eigenvalue weighted by molar-refractivity contribution is 14.1. The molecule has 4 aromatic rings. The minimum Gasteiger partial charge on any atom is -0.496 e. The van der Waals surface area contributed by atoms with Gasteiger partial charge in [-0.15, -0.1) is 0 Å². The largest absolute Gasteiger partial charge is 0.496 e. The van der Waals surface area contributed by atoms with E-state index in [0.29, 0.717) is 58.8 Å². The quantitative estimate of drug-likeness (QED) is 0.113. The van der Waals surface area contributed by atoms with Crippen molar-refractivity contribution in [2.24, 2.45) is 4.99 Å². The number of ether oxygens (including phenoxy) is 4. The van der Waals surface area contributed by atoms with E-state index in [2.05, 4.69) is 38.5 Å². The number of hydrogen-bond donors (Lipinski definition) is 0. The molecule has 47 heavy (non-hydrogen) atoms. The number of nitrogens with zero attached hydrogens (tertiary/aromatic N) is 2. The fraction of sp³-hybridized carbons (Fsp3) is 0.265. The summed E-state index contributed by atoms with van der Waals surface area (Å²) in [4.78, 5) is 33.0. The Bertz CT molecular complexity index is 2060. The van der Waals surface area contributed by atoms with Crippen LogP contribution >= 0.6 is 73.1 Å². The first-order chi connectivity index (χ1) is 22.6. The van der Waals surface area contributed by atoms with Gasteiger partial charge in [-0.25, -0.2) is 9.79 Å². The predicted molar refractivity (Wildman–Crippen MR) is 197 cm³/mol. The molecule has 246 valence electrons. The van der Waals surface area contributed by atoms with Crippen LogP contribution in [0.25, 0.3) is 6.08 Å². The molecule has 5 rings (SSSR count). The zero-order valence-corrected chi connectivity index (χ0v) is 31.9. The SMILES string of the molecule is CCCC1=C(C(=O)OCC)[C@H](c2ccc(OC)c(Br)c2)n2c(s/c(=C\c3cc(I)c(OCc4ccc(Cl)cc4Cl)c(OC)c3)c2=O)=N1. The molecule has 3 aromatic carbocycles. The number of hydrogen-bond acceptors (Lipinski definition) is 8. The van der Waals surface area contributed by atoms with Crippen LogP contribution in [0, 0.1) is 3.57 Å². The minimum atomic E-state index is -0.749. The topological polar surface area (TPSA) is 88.4 Å². The first-order valence-corrected chi connectivity index (χ1v) is 18.0. The lowest BCUT2D eigenvalue weighted by Crippen LogP contribution is -2.40. The number of rotatable bonds is 11. The molecule has 0 radical (unpaired) electrons. The van der Waals surface area contributed by atoms with Crippen LogP contribution in [0.4, 0.5) is 0 Å². The number of carbonyl (C=O) groups is 1. The third-order valence-corrected chi connectivity index (χ3v) is 10.3. The normalized spacial score (nSPS) is 14.5. The van der Waals surface area contributed by atoms with Crippen molar-refractivity contribution in [1.82, 2.24) is 4.57 Å². The highest BCUT2D eigenvalue weighted by Gasteiger charge is 2.34. The number of aromatic nitrogens is 1. The molecule has 1 atom stereocenters. The van der Waals surface area contributed by atoms with Gasteiger partial charge in [0.25, 0.3) is 5.56 Å². The van der Waals surface area contributed by atoms with Gasteiger partial charge in [0.2, 0.25) is 0 Å². The van der Waals surface area contributed by atoms with Crippen molar-refractivity contribution < 1.29 is 23.7 Å². The Kier molecular flexibility index (Phi) is 11.8.